The third-order valence-electron chi connectivity index (χ3n) is 1.96. The van der Waals surface area contributed by atoms with Crippen molar-refractivity contribution in [3.63, 3.8) is 0 Å². The van der Waals surface area contributed by atoms with E-state index in [-0.39, 0.29) is 5.75 Å². The predicted octanol–water partition coefficient (Wildman–Crippen LogP) is 1.77. The first-order chi connectivity index (χ1) is 7.56. The summed E-state index contributed by atoms with van der Waals surface area (Å²) in [5, 5.41) is 0. The molecule has 0 N–H and O–H groups in total. The summed E-state index contributed by atoms with van der Waals surface area (Å²) in [5.74, 6) is -4.03. The quantitative estimate of drug-likeness (QED) is 0.745. The Morgan fingerprint density at radius 3 is 2.19 bits per heavy atom. The van der Waals surface area contributed by atoms with Crippen LogP contribution in [0.1, 0.15) is 10.4 Å². The second-order valence-electron chi connectivity index (χ2n) is 2.78. The number of benzene rings is 1. The van der Waals surface area contributed by atoms with E-state index in [0.717, 1.165) is 20.3 Å². The highest BCUT2D eigenvalue weighted by atomic mass is 19.1. The van der Waals surface area contributed by atoms with Crippen molar-refractivity contribution in [3.05, 3.63) is 23.3 Å². The van der Waals surface area contributed by atoms with E-state index >= 15 is 0 Å². The molecule has 0 aliphatic rings. The molecule has 0 unspecified atom stereocenters. The minimum Gasteiger partial charge on any atom is -0.494 e. The molecule has 1 aromatic carbocycles. The normalized spacial score (nSPS) is 9.81. The summed E-state index contributed by atoms with van der Waals surface area (Å²) in [6.07, 6.45) is 0. The van der Waals surface area contributed by atoms with E-state index < -0.39 is 28.9 Å². The smallest absolute Gasteiger partial charge is 0.341 e. The SMILES string of the molecule is COC(=O)c1cc(OC)c(F)c(OC)c1F. The van der Waals surface area contributed by atoms with E-state index in [1.807, 2.05) is 0 Å². The Bertz CT molecular complexity index is 418. The molecule has 0 radical (unpaired) electrons. The summed E-state index contributed by atoms with van der Waals surface area (Å²) in [6.45, 7) is 0. The fraction of sp³-hybridized carbons (Fsp3) is 0.300. The molecular weight excluding hydrogens is 222 g/mol. The fourth-order valence-electron chi connectivity index (χ4n) is 1.17. The van der Waals surface area contributed by atoms with Gasteiger partial charge < -0.3 is 14.2 Å². The van der Waals surface area contributed by atoms with E-state index in [1.165, 1.54) is 7.11 Å². The number of carbonyl (C=O) groups excluding carboxylic acids is 1. The number of carbonyl (C=O) groups is 1. The number of hydrogen-bond acceptors (Lipinski definition) is 4. The summed E-state index contributed by atoms with van der Waals surface area (Å²) in [6, 6.07) is 0.916. The van der Waals surface area contributed by atoms with Crippen molar-refractivity contribution in [1.82, 2.24) is 0 Å². The lowest BCUT2D eigenvalue weighted by Gasteiger charge is -2.10. The van der Waals surface area contributed by atoms with Crippen molar-refractivity contribution in [1.29, 1.82) is 0 Å². The van der Waals surface area contributed by atoms with Gasteiger partial charge in [-0.25, -0.2) is 9.18 Å². The van der Waals surface area contributed by atoms with Gasteiger partial charge in [-0.15, -0.1) is 0 Å². The molecule has 4 nitrogen and oxygen atoms in total. The van der Waals surface area contributed by atoms with Gasteiger partial charge >= 0.3 is 5.97 Å². The van der Waals surface area contributed by atoms with Gasteiger partial charge in [-0.3, -0.25) is 0 Å². The van der Waals surface area contributed by atoms with Gasteiger partial charge in [0, 0.05) is 6.07 Å². The van der Waals surface area contributed by atoms with Crippen LogP contribution in [-0.4, -0.2) is 27.3 Å². The summed E-state index contributed by atoms with van der Waals surface area (Å²) in [4.78, 5) is 11.2. The topological polar surface area (TPSA) is 44.8 Å². The van der Waals surface area contributed by atoms with Crippen molar-refractivity contribution in [2.45, 2.75) is 0 Å². The van der Waals surface area contributed by atoms with Crippen molar-refractivity contribution in [2.75, 3.05) is 21.3 Å². The maximum atomic E-state index is 13.6. The molecule has 0 saturated carbocycles. The fourth-order valence-corrected chi connectivity index (χ4v) is 1.17. The highest BCUT2D eigenvalue weighted by molar-refractivity contribution is 5.90. The van der Waals surface area contributed by atoms with Gasteiger partial charge in [-0.05, 0) is 0 Å². The maximum absolute atomic E-state index is 13.6. The molecule has 6 heteroatoms. The van der Waals surface area contributed by atoms with E-state index in [4.69, 9.17) is 0 Å². The summed E-state index contributed by atoms with van der Waals surface area (Å²) >= 11 is 0. The van der Waals surface area contributed by atoms with Crippen LogP contribution in [0.5, 0.6) is 11.5 Å². The largest absolute Gasteiger partial charge is 0.494 e. The molecule has 0 spiro atoms. The summed E-state index contributed by atoms with van der Waals surface area (Å²) in [5.41, 5.74) is -0.447. The zero-order valence-electron chi connectivity index (χ0n) is 8.97. The average Bonchev–Trinajstić information content (AvgIpc) is 2.29. The van der Waals surface area contributed by atoms with Crippen LogP contribution in [0.3, 0.4) is 0 Å². The Hall–Kier alpha value is -1.85. The first-order valence-corrected chi connectivity index (χ1v) is 4.25. The first-order valence-electron chi connectivity index (χ1n) is 4.25. The lowest BCUT2D eigenvalue weighted by molar-refractivity contribution is 0.0594. The van der Waals surface area contributed by atoms with Crippen molar-refractivity contribution in [3.8, 4) is 11.5 Å². The summed E-state index contributed by atoms with van der Waals surface area (Å²) < 4.78 is 40.5. The van der Waals surface area contributed by atoms with Crippen molar-refractivity contribution < 1.29 is 27.8 Å². The van der Waals surface area contributed by atoms with Crippen LogP contribution in [-0.2, 0) is 4.74 Å². The second kappa shape index (κ2) is 4.78. The monoisotopic (exact) mass is 232 g/mol. The van der Waals surface area contributed by atoms with Crippen LogP contribution in [0.25, 0.3) is 0 Å². The predicted molar refractivity (Wildman–Crippen MR) is 50.8 cm³/mol. The number of ether oxygens (including phenoxy) is 3. The molecule has 0 heterocycles. The molecule has 0 fully saturated rings. The Kier molecular flexibility index (Phi) is 3.65. The molecular formula is C10H10F2O4. The number of rotatable bonds is 3. The Labute approximate surface area is 90.7 Å². The lowest BCUT2D eigenvalue weighted by Crippen LogP contribution is -2.08. The van der Waals surface area contributed by atoms with Gasteiger partial charge in [0.1, 0.15) is 5.56 Å². The Balaban J connectivity index is 3.46. The van der Waals surface area contributed by atoms with Crippen LogP contribution in [0.4, 0.5) is 8.78 Å². The number of halogens is 2. The third kappa shape index (κ3) is 1.91. The van der Waals surface area contributed by atoms with Crippen LogP contribution in [0.15, 0.2) is 6.07 Å². The average molecular weight is 232 g/mol. The molecule has 0 aliphatic carbocycles. The standard InChI is InChI=1S/C10H10F2O4/c1-14-6-4-5(10(13)16-3)7(11)9(15-2)8(6)12/h4H,1-3H3. The highest BCUT2D eigenvalue weighted by Gasteiger charge is 2.24. The zero-order valence-corrected chi connectivity index (χ0v) is 8.97. The van der Waals surface area contributed by atoms with Gasteiger partial charge in [0.05, 0.1) is 21.3 Å². The number of hydrogen-bond donors (Lipinski definition) is 0. The maximum Gasteiger partial charge on any atom is 0.341 e. The van der Waals surface area contributed by atoms with E-state index in [9.17, 15) is 13.6 Å². The molecule has 1 aromatic rings. The van der Waals surface area contributed by atoms with Crippen LogP contribution < -0.4 is 9.47 Å². The number of esters is 1. The Morgan fingerprint density at radius 1 is 1.12 bits per heavy atom. The van der Waals surface area contributed by atoms with Crippen molar-refractivity contribution >= 4 is 5.97 Å². The van der Waals surface area contributed by atoms with Gasteiger partial charge in [-0.1, -0.05) is 0 Å². The van der Waals surface area contributed by atoms with Crippen LogP contribution in [0, 0.1) is 11.6 Å². The van der Waals surface area contributed by atoms with Gasteiger partial charge in [0.25, 0.3) is 0 Å². The van der Waals surface area contributed by atoms with Gasteiger partial charge in [0.2, 0.25) is 5.82 Å². The molecule has 0 aliphatic heterocycles. The molecule has 0 aromatic heterocycles. The minimum absolute atomic E-state index is 0.293. The minimum atomic E-state index is -1.12. The second-order valence-corrected chi connectivity index (χ2v) is 2.78. The molecule has 0 amide bonds. The van der Waals surface area contributed by atoms with E-state index in [1.54, 1.807) is 0 Å². The molecule has 1 rings (SSSR count). The molecule has 88 valence electrons. The molecule has 16 heavy (non-hydrogen) atoms. The Morgan fingerprint density at radius 2 is 1.75 bits per heavy atom. The first kappa shape index (κ1) is 12.2. The van der Waals surface area contributed by atoms with Gasteiger partial charge in [0.15, 0.2) is 17.3 Å². The van der Waals surface area contributed by atoms with Gasteiger partial charge in [-0.2, -0.15) is 4.39 Å². The summed E-state index contributed by atoms with van der Waals surface area (Å²) in [7, 11) is 3.36. The van der Waals surface area contributed by atoms with E-state index in [2.05, 4.69) is 14.2 Å². The number of methoxy groups -OCH3 is 3. The van der Waals surface area contributed by atoms with Crippen LogP contribution in [0.2, 0.25) is 0 Å². The molecule has 0 atom stereocenters. The van der Waals surface area contributed by atoms with E-state index in [0.29, 0.717) is 0 Å². The molecule has 0 saturated heterocycles. The van der Waals surface area contributed by atoms with Crippen LogP contribution >= 0.6 is 0 Å². The van der Waals surface area contributed by atoms with Crippen molar-refractivity contribution in [2.24, 2.45) is 0 Å². The third-order valence-corrected chi connectivity index (χ3v) is 1.96. The molecule has 0 bridgehead atoms. The lowest BCUT2D eigenvalue weighted by atomic mass is 10.1. The highest BCUT2D eigenvalue weighted by Crippen LogP contribution is 2.32. The zero-order chi connectivity index (χ0) is 12.3.